The Morgan fingerprint density at radius 3 is 1.27 bits per heavy atom. The van der Waals surface area contributed by atoms with Gasteiger partial charge in [-0.15, -0.1) is 0 Å². The second-order valence-electron chi connectivity index (χ2n) is 6.72. The molecule has 4 N–H and O–H groups in total. The summed E-state index contributed by atoms with van der Waals surface area (Å²) in [6.07, 6.45) is 3.54. The predicted octanol–water partition coefficient (Wildman–Crippen LogP) is 4.10. The van der Waals surface area contributed by atoms with E-state index in [4.69, 9.17) is 19.7 Å². The van der Waals surface area contributed by atoms with Crippen molar-refractivity contribution < 1.29 is 55.9 Å². The molecule has 0 aliphatic rings. The van der Waals surface area contributed by atoms with Crippen LogP contribution < -0.4 is 0 Å². The zero-order valence-electron chi connectivity index (χ0n) is 18.6. The number of aromatic carboxylic acids is 2. The number of hydrogen-bond acceptors (Lipinski definition) is 4. The van der Waals surface area contributed by atoms with Crippen molar-refractivity contribution in [1.82, 2.24) is 0 Å². The van der Waals surface area contributed by atoms with Crippen molar-refractivity contribution in [3.8, 4) is 0 Å². The number of carbonyl (C=O) groups excluding carboxylic acids is 2. The molecule has 0 saturated carbocycles. The Balaban J connectivity index is 0.000000602. The minimum atomic E-state index is -1.08. The van der Waals surface area contributed by atoms with Gasteiger partial charge in [-0.3, -0.25) is 0 Å². The van der Waals surface area contributed by atoms with E-state index in [2.05, 4.69) is 0 Å². The Morgan fingerprint density at radius 1 is 0.697 bits per heavy atom. The molecule has 183 valence electrons. The molecule has 8 nitrogen and oxygen atoms in total. The maximum atomic E-state index is 10.9. The van der Waals surface area contributed by atoms with Crippen molar-refractivity contribution in [2.45, 2.75) is 39.5 Å². The normalized spacial score (nSPS) is 9.52. The van der Waals surface area contributed by atoms with Crippen LogP contribution in [-0.4, -0.2) is 56.9 Å². The third-order valence-corrected chi connectivity index (χ3v) is 4.25. The van der Waals surface area contributed by atoms with E-state index in [-0.39, 0.29) is 51.3 Å². The van der Waals surface area contributed by atoms with Gasteiger partial charge in [-0.1, -0.05) is 51.0 Å². The minimum absolute atomic E-state index is 0. The van der Waals surface area contributed by atoms with Crippen molar-refractivity contribution in [2.24, 2.45) is 0 Å². The molecule has 0 amide bonds. The molecule has 0 aliphatic carbocycles. The molecule has 0 aromatic heterocycles. The van der Waals surface area contributed by atoms with Crippen LogP contribution in [0.25, 0.3) is 0 Å². The topological polar surface area (TPSA) is 136 Å². The zero-order chi connectivity index (χ0) is 23.9. The Labute approximate surface area is 203 Å². The van der Waals surface area contributed by atoms with Crippen molar-refractivity contribution >= 4 is 23.9 Å². The van der Waals surface area contributed by atoms with Crippen LogP contribution in [0.4, 0.5) is 0 Å². The zero-order valence-corrected chi connectivity index (χ0v) is 19.5. The average molecular weight is 510 g/mol. The van der Waals surface area contributed by atoms with Crippen LogP contribution in [-0.2, 0) is 26.5 Å². The van der Waals surface area contributed by atoms with Crippen LogP contribution in [0.1, 0.15) is 71.4 Å². The number of hydrogen-bond donors (Lipinski definition) is 2. The molecule has 0 bridgehead atoms. The molecule has 1 radical (unpaired) electrons. The first-order chi connectivity index (χ1) is 15.3. The van der Waals surface area contributed by atoms with Gasteiger partial charge in [-0.2, -0.15) is 0 Å². The van der Waals surface area contributed by atoms with Gasteiger partial charge in [0.1, 0.15) is 11.1 Å². The largest absolute Gasteiger partial charge is 0.518 e. The monoisotopic (exact) mass is 509 g/mol. The van der Waals surface area contributed by atoms with E-state index >= 15 is 0 Å². The molecule has 2 aromatic rings. The van der Waals surface area contributed by atoms with E-state index in [1.54, 1.807) is 24.3 Å². The summed E-state index contributed by atoms with van der Waals surface area (Å²) in [5.41, 5.74) is 0.505. The van der Waals surface area contributed by atoms with Crippen molar-refractivity contribution in [3.05, 3.63) is 70.8 Å². The van der Waals surface area contributed by atoms with Crippen LogP contribution >= 0.6 is 0 Å². The molecule has 9 heteroatoms. The molecule has 0 heterocycles. The number of rotatable bonds is 10. The maximum absolute atomic E-state index is 10.9. The quantitative estimate of drug-likeness (QED) is 0.214. The molecule has 2 aromatic carbocycles. The number of esters is 2. The molecule has 2 rings (SSSR count). The summed E-state index contributed by atoms with van der Waals surface area (Å²) in [5.74, 6) is -2.82. The molecule has 0 aliphatic heterocycles. The molecule has 33 heavy (non-hydrogen) atoms. The first-order valence-corrected chi connectivity index (χ1v) is 10.4. The van der Waals surface area contributed by atoms with Gasteiger partial charge < -0.3 is 29.3 Å². The maximum Gasteiger partial charge on any atom is 0.518 e. The van der Waals surface area contributed by atoms with Crippen LogP contribution in [0, 0.1) is 0 Å². The van der Waals surface area contributed by atoms with Gasteiger partial charge in [0, 0.05) is 29.9 Å². The standard InChI is InChI=1S/2C12H14O4.Cu/c2*1-2-3-8-16-12(15)10-7-5-4-6-9(10)11(13)14;/h2*4-7H,2-3,8H2,1H3,(H,13,14);/p+2. The van der Waals surface area contributed by atoms with Crippen molar-refractivity contribution in [1.29, 1.82) is 0 Å². The first-order valence-electron chi connectivity index (χ1n) is 10.4. The van der Waals surface area contributed by atoms with Crippen LogP contribution in [0.5, 0.6) is 0 Å². The van der Waals surface area contributed by atoms with Gasteiger partial charge in [0.15, 0.2) is 13.2 Å². The SMILES string of the molecule is CCCCOC(=[OH+])c1ccccc1C(=O)O.CCCCOC(=[OH+])c1ccccc1C(=O)O.[Cu]. The minimum Gasteiger partial charge on any atom is -0.478 e. The molecular weight excluding hydrogens is 480 g/mol. The van der Waals surface area contributed by atoms with E-state index < -0.39 is 11.9 Å². The van der Waals surface area contributed by atoms with Crippen LogP contribution in [0.2, 0.25) is 0 Å². The molecule has 0 fully saturated rings. The molecule has 0 unspecified atom stereocenters. The first kappa shape index (κ1) is 29.8. The summed E-state index contributed by atoms with van der Waals surface area (Å²) in [6.45, 7) is 4.78. The summed E-state index contributed by atoms with van der Waals surface area (Å²) in [6, 6.07) is 12.4. The summed E-state index contributed by atoms with van der Waals surface area (Å²) in [7, 11) is 0. The molecule has 0 spiro atoms. The van der Waals surface area contributed by atoms with Crippen LogP contribution in [0.3, 0.4) is 0 Å². The van der Waals surface area contributed by atoms with Gasteiger partial charge in [-0.25, -0.2) is 9.59 Å². The average Bonchev–Trinajstić information content (AvgIpc) is 2.79. The molecule has 0 saturated heterocycles. The van der Waals surface area contributed by atoms with E-state index in [9.17, 15) is 19.2 Å². The van der Waals surface area contributed by atoms with Crippen molar-refractivity contribution in [2.75, 3.05) is 13.2 Å². The van der Waals surface area contributed by atoms with Gasteiger partial charge >= 0.3 is 23.9 Å². The van der Waals surface area contributed by atoms with E-state index in [1.165, 1.54) is 24.3 Å². The third kappa shape index (κ3) is 10.3. The number of ether oxygens (including phenoxy) is 2. The van der Waals surface area contributed by atoms with E-state index in [0.29, 0.717) is 13.2 Å². The van der Waals surface area contributed by atoms with E-state index in [0.717, 1.165) is 25.7 Å². The number of unbranched alkanes of at least 4 members (excludes halogenated alkanes) is 2. The van der Waals surface area contributed by atoms with E-state index in [1.807, 2.05) is 13.8 Å². The number of carboxylic acids is 2. The number of benzene rings is 2. The summed E-state index contributed by atoms with van der Waals surface area (Å²) >= 11 is 0. The smallest absolute Gasteiger partial charge is 0.478 e. The van der Waals surface area contributed by atoms with Crippen molar-refractivity contribution in [3.63, 3.8) is 0 Å². The third-order valence-electron chi connectivity index (χ3n) is 4.25. The van der Waals surface area contributed by atoms with Gasteiger partial charge in [-0.05, 0) is 24.3 Å². The Hall–Kier alpha value is -3.16. The Morgan fingerprint density at radius 2 is 1.00 bits per heavy atom. The van der Waals surface area contributed by atoms with Crippen LogP contribution in [0.15, 0.2) is 48.5 Å². The summed E-state index contributed by atoms with van der Waals surface area (Å²) < 4.78 is 10.1. The fourth-order valence-corrected chi connectivity index (χ4v) is 2.49. The summed E-state index contributed by atoms with van der Waals surface area (Å²) in [4.78, 5) is 41.0. The van der Waals surface area contributed by atoms with Gasteiger partial charge in [0.2, 0.25) is 0 Å². The Bertz CT molecular complexity index is 851. The van der Waals surface area contributed by atoms with Gasteiger partial charge in [0.05, 0.1) is 11.1 Å². The van der Waals surface area contributed by atoms with Gasteiger partial charge in [0.25, 0.3) is 0 Å². The summed E-state index contributed by atoms with van der Waals surface area (Å²) in [5, 5.41) is 17.8. The number of carboxylic acid groups (broad SMARTS) is 2. The second kappa shape index (κ2) is 16.5. The molecule has 0 atom stereocenters. The second-order valence-corrected chi connectivity index (χ2v) is 6.72. The Kier molecular flexibility index (Phi) is 14.9. The fraction of sp³-hybridized carbons (Fsp3) is 0.333. The fourth-order valence-electron chi connectivity index (χ4n) is 2.49. The predicted molar refractivity (Wildman–Crippen MR) is 121 cm³/mol. The molecular formula is C24H30CuO8+2. The number of carbonyl (C=O) groups is 2.